The van der Waals surface area contributed by atoms with Gasteiger partial charge in [-0.3, -0.25) is 4.79 Å². The van der Waals surface area contributed by atoms with E-state index in [9.17, 15) is 9.90 Å². The molecule has 0 unspecified atom stereocenters. The number of carboxylic acids is 1. The van der Waals surface area contributed by atoms with E-state index in [0.29, 0.717) is 24.5 Å². The van der Waals surface area contributed by atoms with E-state index in [1.165, 1.54) is 0 Å². The van der Waals surface area contributed by atoms with Crippen molar-refractivity contribution in [2.24, 2.45) is 5.92 Å². The van der Waals surface area contributed by atoms with Crippen LogP contribution in [0.15, 0.2) is 109 Å². The number of hydrogen-bond acceptors (Lipinski definition) is 3. The number of aliphatic carboxylic acids is 1. The fraction of sp³-hybridized carbons (Fsp3) is 0.194. The molecular weight excluding hydrogens is 436 g/mol. The first-order chi connectivity index (χ1) is 17.0. The molecule has 0 bridgehead atoms. The van der Waals surface area contributed by atoms with Gasteiger partial charge in [0, 0.05) is 5.41 Å². The van der Waals surface area contributed by atoms with Crippen molar-refractivity contribution in [3.63, 3.8) is 0 Å². The molecule has 178 valence electrons. The van der Waals surface area contributed by atoms with Crippen LogP contribution in [0.3, 0.4) is 0 Å². The summed E-state index contributed by atoms with van der Waals surface area (Å²) in [6.07, 6.45) is 0.338. The Morgan fingerprint density at radius 1 is 0.771 bits per heavy atom. The Bertz CT molecular complexity index is 1200. The minimum atomic E-state index is -0.844. The third kappa shape index (κ3) is 5.38. The smallest absolute Gasteiger partial charge is 0.308 e. The molecule has 4 heteroatoms. The second-order valence-corrected chi connectivity index (χ2v) is 8.79. The van der Waals surface area contributed by atoms with Crippen LogP contribution in [0.4, 0.5) is 0 Å². The number of benzene rings is 4. The Labute approximate surface area is 206 Å². The van der Waals surface area contributed by atoms with Gasteiger partial charge in [-0.05, 0) is 40.8 Å². The number of ether oxygens (including phenoxy) is 2. The maximum atomic E-state index is 12.7. The molecule has 4 rings (SSSR count). The van der Waals surface area contributed by atoms with Gasteiger partial charge in [-0.1, -0.05) is 104 Å². The standard InChI is InChI=1S/C31H30O4/c1-31(25-14-8-4-9-15-25,26-16-10-5-11-17-26)27(30(32)33)20-24-18-19-28(29(21-24)34-2)35-22-23-12-6-3-7-13-23/h3-19,21,27H,20,22H2,1-2H3,(H,32,33)/t27-/m1/s1. The molecule has 0 spiro atoms. The van der Waals surface area contributed by atoms with Crippen LogP contribution in [-0.4, -0.2) is 18.2 Å². The predicted octanol–water partition coefficient (Wildman–Crippen LogP) is 6.52. The molecule has 0 aliphatic carbocycles. The van der Waals surface area contributed by atoms with Crippen molar-refractivity contribution in [3.05, 3.63) is 131 Å². The molecule has 4 aromatic rings. The molecule has 0 saturated heterocycles. The highest BCUT2D eigenvalue weighted by Crippen LogP contribution is 2.41. The molecule has 4 aromatic carbocycles. The molecule has 0 heterocycles. The van der Waals surface area contributed by atoms with Gasteiger partial charge in [0.25, 0.3) is 0 Å². The van der Waals surface area contributed by atoms with Gasteiger partial charge in [0.05, 0.1) is 13.0 Å². The van der Waals surface area contributed by atoms with Crippen molar-refractivity contribution in [3.8, 4) is 11.5 Å². The van der Waals surface area contributed by atoms with Gasteiger partial charge in [0.2, 0.25) is 0 Å². The zero-order valence-corrected chi connectivity index (χ0v) is 20.1. The molecule has 0 saturated carbocycles. The third-order valence-electron chi connectivity index (χ3n) is 6.65. The van der Waals surface area contributed by atoms with Crippen molar-refractivity contribution in [1.29, 1.82) is 0 Å². The van der Waals surface area contributed by atoms with Crippen LogP contribution in [0.2, 0.25) is 0 Å². The fourth-order valence-corrected chi connectivity index (χ4v) is 4.61. The van der Waals surface area contributed by atoms with Crippen LogP contribution in [-0.2, 0) is 23.2 Å². The lowest BCUT2D eigenvalue weighted by atomic mass is 9.65. The van der Waals surface area contributed by atoms with Crippen LogP contribution < -0.4 is 9.47 Å². The molecular formula is C31H30O4. The Kier molecular flexibility index (Phi) is 7.51. The van der Waals surface area contributed by atoms with Crippen molar-refractivity contribution >= 4 is 5.97 Å². The molecule has 1 atom stereocenters. The highest BCUT2D eigenvalue weighted by atomic mass is 16.5. The maximum Gasteiger partial charge on any atom is 0.308 e. The highest BCUT2D eigenvalue weighted by molar-refractivity contribution is 5.74. The Balaban J connectivity index is 1.66. The molecule has 0 aliphatic rings. The number of methoxy groups -OCH3 is 1. The van der Waals surface area contributed by atoms with Crippen LogP contribution >= 0.6 is 0 Å². The van der Waals surface area contributed by atoms with Gasteiger partial charge in [-0.15, -0.1) is 0 Å². The highest BCUT2D eigenvalue weighted by Gasteiger charge is 2.42. The molecule has 0 radical (unpaired) electrons. The van der Waals surface area contributed by atoms with Gasteiger partial charge < -0.3 is 14.6 Å². The first-order valence-corrected chi connectivity index (χ1v) is 11.7. The average Bonchev–Trinajstić information content (AvgIpc) is 2.91. The normalized spacial score (nSPS) is 12.1. The number of hydrogen-bond donors (Lipinski definition) is 1. The topological polar surface area (TPSA) is 55.8 Å². The van der Waals surface area contributed by atoms with E-state index in [4.69, 9.17) is 9.47 Å². The van der Waals surface area contributed by atoms with Gasteiger partial charge in [0.1, 0.15) is 6.61 Å². The predicted molar refractivity (Wildman–Crippen MR) is 138 cm³/mol. The van der Waals surface area contributed by atoms with E-state index >= 15 is 0 Å². The Morgan fingerprint density at radius 3 is 1.83 bits per heavy atom. The molecule has 0 amide bonds. The average molecular weight is 467 g/mol. The lowest BCUT2D eigenvalue weighted by Gasteiger charge is -2.37. The summed E-state index contributed by atoms with van der Waals surface area (Å²) in [6.45, 7) is 2.44. The molecule has 0 aliphatic heterocycles. The van der Waals surface area contributed by atoms with E-state index in [2.05, 4.69) is 0 Å². The SMILES string of the molecule is COc1cc(C[C@H](C(=O)O)C(C)(c2ccccc2)c2ccccc2)ccc1OCc1ccccc1. The van der Waals surface area contributed by atoms with Crippen molar-refractivity contribution < 1.29 is 19.4 Å². The summed E-state index contributed by atoms with van der Waals surface area (Å²) in [5, 5.41) is 10.4. The van der Waals surface area contributed by atoms with Gasteiger partial charge >= 0.3 is 5.97 Å². The summed E-state index contributed by atoms with van der Waals surface area (Å²) in [5.41, 5.74) is 3.14. The van der Waals surface area contributed by atoms with Crippen LogP contribution in [0.25, 0.3) is 0 Å². The minimum Gasteiger partial charge on any atom is -0.493 e. The van der Waals surface area contributed by atoms with E-state index in [1.54, 1.807) is 7.11 Å². The third-order valence-corrected chi connectivity index (χ3v) is 6.65. The zero-order valence-electron chi connectivity index (χ0n) is 20.1. The maximum absolute atomic E-state index is 12.7. The summed E-state index contributed by atoms with van der Waals surface area (Å²) in [5.74, 6) is -0.332. The van der Waals surface area contributed by atoms with Crippen molar-refractivity contribution in [2.45, 2.75) is 25.4 Å². The van der Waals surface area contributed by atoms with Gasteiger partial charge in [-0.2, -0.15) is 0 Å². The monoisotopic (exact) mass is 466 g/mol. The lowest BCUT2D eigenvalue weighted by Crippen LogP contribution is -2.40. The van der Waals surface area contributed by atoms with E-state index in [-0.39, 0.29) is 0 Å². The van der Waals surface area contributed by atoms with Gasteiger partial charge in [-0.25, -0.2) is 0 Å². The zero-order chi connectivity index (χ0) is 24.7. The van der Waals surface area contributed by atoms with Crippen LogP contribution in [0, 0.1) is 5.92 Å². The Morgan fingerprint density at radius 2 is 1.31 bits per heavy atom. The largest absolute Gasteiger partial charge is 0.493 e. The molecule has 0 aromatic heterocycles. The number of carbonyl (C=O) groups is 1. The summed E-state index contributed by atoms with van der Waals surface area (Å²) >= 11 is 0. The van der Waals surface area contributed by atoms with E-state index in [1.807, 2.05) is 116 Å². The van der Waals surface area contributed by atoms with Crippen LogP contribution in [0.1, 0.15) is 29.2 Å². The lowest BCUT2D eigenvalue weighted by molar-refractivity contribution is -0.143. The van der Waals surface area contributed by atoms with Crippen molar-refractivity contribution in [1.82, 2.24) is 0 Å². The Hall–Kier alpha value is -4.05. The summed E-state index contributed by atoms with van der Waals surface area (Å²) < 4.78 is 11.6. The minimum absolute atomic E-state index is 0.338. The second kappa shape index (κ2) is 10.9. The van der Waals surface area contributed by atoms with Gasteiger partial charge in [0.15, 0.2) is 11.5 Å². The number of rotatable bonds is 10. The first-order valence-electron chi connectivity index (χ1n) is 11.7. The summed E-state index contributed by atoms with van der Waals surface area (Å²) in [6, 6.07) is 35.3. The summed E-state index contributed by atoms with van der Waals surface area (Å²) in [7, 11) is 1.60. The molecule has 1 N–H and O–H groups in total. The quantitative estimate of drug-likeness (QED) is 0.289. The van der Waals surface area contributed by atoms with E-state index in [0.717, 1.165) is 22.3 Å². The summed E-state index contributed by atoms with van der Waals surface area (Å²) in [4.78, 5) is 12.7. The van der Waals surface area contributed by atoms with Crippen molar-refractivity contribution in [2.75, 3.05) is 7.11 Å². The van der Waals surface area contributed by atoms with Crippen LogP contribution in [0.5, 0.6) is 11.5 Å². The second-order valence-electron chi connectivity index (χ2n) is 8.79. The molecule has 0 fully saturated rings. The fourth-order valence-electron chi connectivity index (χ4n) is 4.61. The first kappa shape index (κ1) is 24.1. The number of carboxylic acid groups (broad SMARTS) is 1. The molecule has 4 nitrogen and oxygen atoms in total. The van der Waals surface area contributed by atoms with E-state index < -0.39 is 17.3 Å². The molecule has 35 heavy (non-hydrogen) atoms.